The van der Waals surface area contributed by atoms with E-state index in [2.05, 4.69) is 23.0 Å². The van der Waals surface area contributed by atoms with Gasteiger partial charge in [-0.2, -0.15) is 17.7 Å². The van der Waals surface area contributed by atoms with Crippen LogP contribution in [0.3, 0.4) is 0 Å². The lowest BCUT2D eigenvalue weighted by Crippen LogP contribution is -2.44. The number of esters is 1. The molecule has 1 heterocycles. The van der Waals surface area contributed by atoms with Gasteiger partial charge in [0.15, 0.2) is 0 Å². The van der Waals surface area contributed by atoms with Crippen molar-refractivity contribution in [2.75, 3.05) is 12.4 Å². The standard InChI is InChI=1S/C11H17N3O3S/c1-3-17-11(16)9(7-18)12-10(15)6-14-5-4-8(2)13-14/h4-5,9,18H,3,6-7H2,1-2H3,(H,12,15)/t9-/m0/s1. The summed E-state index contributed by atoms with van der Waals surface area (Å²) in [6.07, 6.45) is 1.70. The summed E-state index contributed by atoms with van der Waals surface area (Å²) in [5.74, 6) is -0.578. The lowest BCUT2D eigenvalue weighted by molar-refractivity contribution is -0.146. The summed E-state index contributed by atoms with van der Waals surface area (Å²) < 4.78 is 6.33. The van der Waals surface area contributed by atoms with Crippen LogP contribution in [0.15, 0.2) is 12.3 Å². The molecule has 7 heteroatoms. The van der Waals surface area contributed by atoms with Crippen LogP contribution in [-0.2, 0) is 20.9 Å². The molecule has 1 aromatic rings. The second-order valence-corrected chi connectivity index (χ2v) is 4.07. The van der Waals surface area contributed by atoms with Crippen molar-refractivity contribution < 1.29 is 14.3 Å². The van der Waals surface area contributed by atoms with Crippen LogP contribution < -0.4 is 5.32 Å². The van der Waals surface area contributed by atoms with Crippen molar-refractivity contribution in [1.29, 1.82) is 0 Å². The minimum atomic E-state index is -0.725. The van der Waals surface area contributed by atoms with E-state index in [-0.39, 0.29) is 24.8 Å². The first-order valence-electron chi connectivity index (χ1n) is 5.63. The Morgan fingerprint density at radius 3 is 2.83 bits per heavy atom. The van der Waals surface area contributed by atoms with Crippen molar-refractivity contribution in [1.82, 2.24) is 15.1 Å². The number of thiol groups is 1. The molecule has 6 nitrogen and oxygen atoms in total. The van der Waals surface area contributed by atoms with E-state index in [1.54, 1.807) is 19.2 Å². The summed E-state index contributed by atoms with van der Waals surface area (Å²) in [6.45, 7) is 3.89. The Labute approximate surface area is 111 Å². The molecule has 0 saturated carbocycles. The van der Waals surface area contributed by atoms with E-state index >= 15 is 0 Å². The molecule has 0 aromatic carbocycles. The predicted octanol–water partition coefficient (Wildman–Crippen LogP) is 0.169. The number of aromatic nitrogens is 2. The van der Waals surface area contributed by atoms with Crippen molar-refractivity contribution in [3.8, 4) is 0 Å². The van der Waals surface area contributed by atoms with Gasteiger partial charge >= 0.3 is 5.97 Å². The van der Waals surface area contributed by atoms with Crippen molar-refractivity contribution in [3.05, 3.63) is 18.0 Å². The lowest BCUT2D eigenvalue weighted by Gasteiger charge is -2.14. The van der Waals surface area contributed by atoms with Crippen molar-refractivity contribution >= 4 is 24.5 Å². The highest BCUT2D eigenvalue weighted by molar-refractivity contribution is 7.80. The second-order valence-electron chi connectivity index (χ2n) is 3.71. The predicted molar refractivity (Wildman–Crippen MR) is 69.4 cm³/mol. The van der Waals surface area contributed by atoms with Gasteiger partial charge in [-0.15, -0.1) is 0 Å². The molecule has 0 bridgehead atoms. The van der Waals surface area contributed by atoms with E-state index in [9.17, 15) is 9.59 Å². The van der Waals surface area contributed by atoms with E-state index < -0.39 is 12.0 Å². The lowest BCUT2D eigenvalue weighted by atomic mass is 10.3. The van der Waals surface area contributed by atoms with Gasteiger partial charge in [0.2, 0.25) is 5.91 Å². The molecule has 1 N–H and O–H groups in total. The van der Waals surface area contributed by atoms with Gasteiger partial charge in [0, 0.05) is 11.9 Å². The van der Waals surface area contributed by atoms with E-state index in [1.165, 1.54) is 4.68 Å². The summed E-state index contributed by atoms with van der Waals surface area (Å²) >= 11 is 4.01. The molecule has 0 aliphatic carbocycles. The molecule has 0 aliphatic rings. The average Bonchev–Trinajstić information content (AvgIpc) is 2.71. The largest absolute Gasteiger partial charge is 0.464 e. The summed E-state index contributed by atoms with van der Waals surface area (Å²) in [4.78, 5) is 23.1. The van der Waals surface area contributed by atoms with Gasteiger partial charge in [-0.3, -0.25) is 9.48 Å². The first-order chi connectivity index (χ1) is 8.56. The van der Waals surface area contributed by atoms with Gasteiger partial charge in [-0.1, -0.05) is 0 Å². The van der Waals surface area contributed by atoms with Crippen LogP contribution in [0.25, 0.3) is 0 Å². The number of ether oxygens (including phenoxy) is 1. The van der Waals surface area contributed by atoms with Crippen LogP contribution in [0, 0.1) is 6.92 Å². The van der Waals surface area contributed by atoms with Crippen molar-refractivity contribution in [2.24, 2.45) is 0 Å². The van der Waals surface area contributed by atoms with Gasteiger partial charge in [0.25, 0.3) is 0 Å². The van der Waals surface area contributed by atoms with Crippen LogP contribution in [0.1, 0.15) is 12.6 Å². The number of carbonyl (C=O) groups excluding carboxylic acids is 2. The molecule has 18 heavy (non-hydrogen) atoms. The highest BCUT2D eigenvalue weighted by atomic mass is 32.1. The van der Waals surface area contributed by atoms with Crippen molar-refractivity contribution in [3.63, 3.8) is 0 Å². The SMILES string of the molecule is CCOC(=O)[C@H](CS)NC(=O)Cn1ccc(C)n1. The van der Waals surface area contributed by atoms with E-state index in [4.69, 9.17) is 4.74 Å². The maximum Gasteiger partial charge on any atom is 0.329 e. The highest BCUT2D eigenvalue weighted by Crippen LogP contribution is 1.95. The zero-order valence-corrected chi connectivity index (χ0v) is 11.3. The number of aryl methyl sites for hydroxylation is 1. The van der Waals surface area contributed by atoms with Gasteiger partial charge in [0.1, 0.15) is 12.6 Å². The third-order valence-electron chi connectivity index (χ3n) is 2.17. The molecule has 1 atom stereocenters. The normalized spacial score (nSPS) is 11.9. The van der Waals surface area contributed by atoms with Gasteiger partial charge < -0.3 is 10.1 Å². The van der Waals surface area contributed by atoms with Crippen molar-refractivity contribution in [2.45, 2.75) is 26.4 Å². The van der Waals surface area contributed by atoms with Crippen LogP contribution >= 0.6 is 12.6 Å². The maximum atomic E-state index is 11.7. The number of hydrogen-bond donors (Lipinski definition) is 2. The molecule has 0 unspecified atom stereocenters. The Hall–Kier alpha value is -1.50. The van der Waals surface area contributed by atoms with Gasteiger partial charge in [-0.05, 0) is 19.9 Å². The molecular weight excluding hydrogens is 254 g/mol. The fourth-order valence-electron chi connectivity index (χ4n) is 1.36. The highest BCUT2D eigenvalue weighted by Gasteiger charge is 2.20. The van der Waals surface area contributed by atoms with Crippen LogP contribution in [0.4, 0.5) is 0 Å². The summed E-state index contributed by atoms with van der Waals surface area (Å²) in [5, 5.41) is 6.64. The molecule has 1 amide bonds. The minimum Gasteiger partial charge on any atom is -0.464 e. The summed E-state index contributed by atoms with van der Waals surface area (Å²) in [5.41, 5.74) is 0.832. The number of carbonyl (C=O) groups is 2. The van der Waals surface area contributed by atoms with Crippen LogP contribution in [0.5, 0.6) is 0 Å². The summed E-state index contributed by atoms with van der Waals surface area (Å²) in [7, 11) is 0. The molecule has 0 fully saturated rings. The second kappa shape index (κ2) is 7.05. The molecule has 1 aromatic heterocycles. The molecule has 0 radical (unpaired) electrons. The maximum absolute atomic E-state index is 11.7. The third-order valence-corrected chi connectivity index (χ3v) is 2.53. The van der Waals surface area contributed by atoms with Gasteiger partial charge in [0.05, 0.1) is 12.3 Å². The number of nitrogens with one attached hydrogen (secondary N) is 1. The molecule has 1 rings (SSSR count). The zero-order chi connectivity index (χ0) is 13.5. The van der Waals surface area contributed by atoms with Gasteiger partial charge in [-0.25, -0.2) is 4.79 Å². The Balaban J connectivity index is 2.49. The molecule has 0 spiro atoms. The number of hydrogen-bond acceptors (Lipinski definition) is 5. The Bertz CT molecular complexity index is 419. The quantitative estimate of drug-likeness (QED) is 0.571. The fourth-order valence-corrected chi connectivity index (χ4v) is 1.60. The molecule has 0 aliphatic heterocycles. The number of nitrogens with zero attached hydrogens (tertiary/aromatic N) is 2. The van der Waals surface area contributed by atoms with E-state index in [0.29, 0.717) is 0 Å². The zero-order valence-electron chi connectivity index (χ0n) is 10.4. The number of amides is 1. The Kier molecular flexibility index (Phi) is 5.70. The third kappa shape index (κ3) is 4.40. The molecular formula is C11H17N3O3S. The smallest absolute Gasteiger partial charge is 0.329 e. The topological polar surface area (TPSA) is 73.2 Å². The number of rotatable bonds is 6. The first kappa shape index (κ1) is 14.6. The Morgan fingerprint density at radius 2 is 2.33 bits per heavy atom. The van der Waals surface area contributed by atoms with E-state index in [0.717, 1.165) is 5.69 Å². The fraction of sp³-hybridized carbons (Fsp3) is 0.545. The minimum absolute atomic E-state index is 0.0670. The van der Waals surface area contributed by atoms with E-state index in [1.807, 2.05) is 6.92 Å². The van der Waals surface area contributed by atoms with Crippen LogP contribution in [-0.4, -0.2) is 40.1 Å². The molecule has 0 saturated heterocycles. The monoisotopic (exact) mass is 271 g/mol. The summed E-state index contributed by atoms with van der Waals surface area (Å²) in [6, 6.07) is 1.08. The first-order valence-corrected chi connectivity index (χ1v) is 6.27. The van der Waals surface area contributed by atoms with Crippen LogP contribution in [0.2, 0.25) is 0 Å². The Morgan fingerprint density at radius 1 is 1.61 bits per heavy atom. The average molecular weight is 271 g/mol. The molecule has 100 valence electrons.